The summed E-state index contributed by atoms with van der Waals surface area (Å²) in [6.07, 6.45) is 5.37. The van der Waals surface area contributed by atoms with Crippen LogP contribution in [0.2, 0.25) is 0 Å². The number of aromatic hydroxyl groups is 1. The molecular formula is C41H58N2O7. The van der Waals surface area contributed by atoms with Crippen LogP contribution >= 0.6 is 0 Å². The lowest BCUT2D eigenvalue weighted by molar-refractivity contribution is -0.143. The zero-order chi connectivity index (χ0) is 37.4. The number of amides is 2. The topological polar surface area (TPSA) is 106 Å². The second kappa shape index (κ2) is 16.6. The molecule has 2 aliphatic rings. The van der Waals surface area contributed by atoms with Crippen LogP contribution in [0.25, 0.3) is 12.2 Å². The van der Waals surface area contributed by atoms with Gasteiger partial charge in [0.1, 0.15) is 22.7 Å². The summed E-state index contributed by atoms with van der Waals surface area (Å²) in [4.78, 5) is 40.1. The highest BCUT2D eigenvalue weighted by molar-refractivity contribution is 5.78. The molecule has 2 fully saturated rings. The van der Waals surface area contributed by atoms with Gasteiger partial charge < -0.3 is 29.1 Å². The van der Waals surface area contributed by atoms with Gasteiger partial charge in [-0.15, -0.1) is 0 Å². The summed E-state index contributed by atoms with van der Waals surface area (Å²) >= 11 is 0. The van der Waals surface area contributed by atoms with E-state index in [1.807, 2.05) is 92.6 Å². The molecule has 0 bridgehead atoms. The van der Waals surface area contributed by atoms with Gasteiger partial charge in [0.15, 0.2) is 0 Å². The molecule has 9 nitrogen and oxygen atoms in total. The van der Waals surface area contributed by atoms with Gasteiger partial charge in [-0.2, -0.15) is 0 Å². The van der Waals surface area contributed by atoms with Crippen LogP contribution in [0.4, 0.5) is 9.59 Å². The first-order chi connectivity index (χ1) is 23.1. The molecule has 274 valence electrons. The largest absolute Gasteiger partial charge is 0.508 e. The number of hydrogen-bond acceptors (Lipinski definition) is 7. The van der Waals surface area contributed by atoms with Crippen LogP contribution in [0.5, 0.6) is 11.5 Å². The number of phenols is 1. The molecule has 4 rings (SSSR count). The third kappa shape index (κ3) is 13.2. The molecule has 2 heterocycles. The summed E-state index contributed by atoms with van der Waals surface area (Å²) < 4.78 is 16.4. The van der Waals surface area contributed by atoms with E-state index in [1.54, 1.807) is 28.0 Å². The average molecular weight is 691 g/mol. The van der Waals surface area contributed by atoms with E-state index in [9.17, 15) is 19.5 Å². The zero-order valence-corrected chi connectivity index (χ0v) is 32.0. The first kappa shape index (κ1) is 40.2. The SMILES string of the molecule is CC1CN(C(=O)OC(C)(C)C)CCC1=Cc1cccc(O)c1.CC1CN(C(=O)OC(C)(C)C)CCC1=Cc1cccc(OC(=O)C(C)(C)C)c1. The lowest BCUT2D eigenvalue weighted by Crippen LogP contribution is -2.43. The van der Waals surface area contributed by atoms with Gasteiger partial charge in [0.05, 0.1) is 5.41 Å². The fourth-order valence-corrected chi connectivity index (χ4v) is 5.48. The lowest BCUT2D eigenvalue weighted by Gasteiger charge is -2.34. The fourth-order valence-electron chi connectivity index (χ4n) is 5.48. The van der Waals surface area contributed by atoms with E-state index in [0.29, 0.717) is 31.9 Å². The smallest absolute Gasteiger partial charge is 0.410 e. The third-order valence-electron chi connectivity index (χ3n) is 8.15. The summed E-state index contributed by atoms with van der Waals surface area (Å²) in [5.74, 6) is 1.09. The first-order valence-corrected chi connectivity index (χ1v) is 17.6. The van der Waals surface area contributed by atoms with Crippen molar-refractivity contribution >= 4 is 30.3 Å². The molecule has 2 aromatic rings. The number of phenolic OH excluding ortho intramolecular Hbond substituents is 1. The van der Waals surface area contributed by atoms with Crippen LogP contribution in [0.3, 0.4) is 0 Å². The molecule has 2 unspecified atom stereocenters. The average Bonchev–Trinajstić information content (AvgIpc) is 2.97. The monoisotopic (exact) mass is 690 g/mol. The van der Waals surface area contributed by atoms with Gasteiger partial charge in [-0.3, -0.25) is 4.79 Å². The molecule has 2 aromatic carbocycles. The van der Waals surface area contributed by atoms with Crippen molar-refractivity contribution in [1.82, 2.24) is 9.80 Å². The number of esters is 1. The normalized spacial score (nSPS) is 20.1. The number of hydrogen-bond donors (Lipinski definition) is 1. The molecule has 2 atom stereocenters. The van der Waals surface area contributed by atoms with Gasteiger partial charge in [0.2, 0.25) is 0 Å². The number of carbonyl (C=O) groups is 3. The number of rotatable bonds is 3. The standard InChI is InChI=1S/C23H33NO4.C18H25NO3/c1-16-15-24(21(26)28-23(5,6)7)12-11-18(16)13-17-9-8-10-19(14-17)27-20(25)22(2,3)4;1-13-12-19(17(21)22-18(2,3)4)9-8-15(13)10-14-6-5-7-16(20)11-14/h8-10,13-14,16H,11-12,15H2,1-7H3;5-7,10-11,13,20H,8-9,12H2,1-4H3. The van der Waals surface area contributed by atoms with Gasteiger partial charge in [-0.25, -0.2) is 9.59 Å². The van der Waals surface area contributed by atoms with Gasteiger partial charge in [-0.05, 0) is 122 Å². The van der Waals surface area contributed by atoms with Crippen LogP contribution in [0.15, 0.2) is 59.7 Å². The first-order valence-electron chi connectivity index (χ1n) is 17.6. The number of likely N-dealkylation sites (tertiary alicyclic amines) is 2. The highest BCUT2D eigenvalue weighted by Gasteiger charge is 2.29. The second-order valence-corrected chi connectivity index (χ2v) is 16.4. The molecule has 0 radical (unpaired) electrons. The Balaban J connectivity index is 0.000000278. The Labute approximate surface area is 299 Å². The van der Waals surface area contributed by atoms with Gasteiger partial charge in [0, 0.05) is 26.2 Å². The molecule has 0 saturated carbocycles. The predicted octanol–water partition coefficient (Wildman–Crippen LogP) is 9.35. The molecule has 0 spiro atoms. The van der Waals surface area contributed by atoms with Crippen molar-refractivity contribution in [2.24, 2.45) is 17.3 Å². The fraction of sp³-hybridized carbons (Fsp3) is 0.537. The van der Waals surface area contributed by atoms with E-state index >= 15 is 0 Å². The third-order valence-corrected chi connectivity index (χ3v) is 8.15. The van der Waals surface area contributed by atoms with E-state index in [0.717, 1.165) is 24.0 Å². The Hall–Kier alpha value is -4.27. The minimum Gasteiger partial charge on any atom is -0.508 e. The maximum atomic E-state index is 12.3. The van der Waals surface area contributed by atoms with Crippen molar-refractivity contribution in [3.05, 3.63) is 70.8 Å². The van der Waals surface area contributed by atoms with Crippen LogP contribution in [0, 0.1) is 17.3 Å². The number of nitrogens with zero attached hydrogens (tertiary/aromatic N) is 2. The molecular weight excluding hydrogens is 632 g/mol. The van der Waals surface area contributed by atoms with Gasteiger partial charge in [0.25, 0.3) is 0 Å². The summed E-state index contributed by atoms with van der Waals surface area (Å²) in [6.45, 7) is 23.6. The molecule has 2 amide bonds. The van der Waals surface area contributed by atoms with E-state index in [4.69, 9.17) is 14.2 Å². The van der Waals surface area contributed by atoms with Crippen molar-refractivity contribution in [1.29, 1.82) is 0 Å². The Morgan fingerprint density at radius 1 is 0.700 bits per heavy atom. The van der Waals surface area contributed by atoms with E-state index in [2.05, 4.69) is 26.0 Å². The Kier molecular flexibility index (Phi) is 13.4. The van der Waals surface area contributed by atoms with Crippen molar-refractivity contribution in [2.45, 2.75) is 100 Å². The van der Waals surface area contributed by atoms with Crippen molar-refractivity contribution in [3.63, 3.8) is 0 Å². The molecule has 1 N–H and O–H groups in total. The van der Waals surface area contributed by atoms with Crippen molar-refractivity contribution in [2.75, 3.05) is 26.2 Å². The highest BCUT2D eigenvalue weighted by Crippen LogP contribution is 2.29. The number of carbonyl (C=O) groups excluding carboxylic acids is 3. The van der Waals surface area contributed by atoms with Crippen LogP contribution in [-0.2, 0) is 14.3 Å². The molecule has 9 heteroatoms. The molecule has 2 aliphatic heterocycles. The van der Waals surface area contributed by atoms with Gasteiger partial charge in [-0.1, -0.05) is 61.4 Å². The van der Waals surface area contributed by atoms with Gasteiger partial charge >= 0.3 is 18.2 Å². The molecule has 50 heavy (non-hydrogen) atoms. The summed E-state index contributed by atoms with van der Waals surface area (Å²) in [7, 11) is 0. The van der Waals surface area contributed by atoms with E-state index in [-0.39, 0.29) is 35.7 Å². The maximum Gasteiger partial charge on any atom is 0.410 e. The maximum absolute atomic E-state index is 12.3. The second-order valence-electron chi connectivity index (χ2n) is 16.4. The summed E-state index contributed by atoms with van der Waals surface area (Å²) in [5.41, 5.74) is 3.07. The molecule has 0 aromatic heterocycles. The van der Waals surface area contributed by atoms with Crippen LogP contribution in [-0.4, -0.2) is 70.4 Å². The van der Waals surface area contributed by atoms with E-state index in [1.165, 1.54) is 11.1 Å². The van der Waals surface area contributed by atoms with E-state index < -0.39 is 16.6 Å². The Morgan fingerprint density at radius 3 is 1.54 bits per heavy atom. The highest BCUT2D eigenvalue weighted by atomic mass is 16.6. The Morgan fingerprint density at radius 2 is 1.14 bits per heavy atom. The van der Waals surface area contributed by atoms with Crippen molar-refractivity contribution < 1.29 is 33.7 Å². The lowest BCUT2D eigenvalue weighted by atomic mass is 9.91. The number of benzene rings is 2. The Bertz CT molecular complexity index is 1560. The number of piperidine rings is 2. The van der Waals surface area contributed by atoms with Crippen LogP contribution < -0.4 is 4.74 Å². The molecule has 2 saturated heterocycles. The number of ether oxygens (including phenoxy) is 3. The zero-order valence-electron chi connectivity index (χ0n) is 32.0. The molecule has 0 aliphatic carbocycles. The van der Waals surface area contributed by atoms with Crippen molar-refractivity contribution in [3.8, 4) is 11.5 Å². The van der Waals surface area contributed by atoms with Crippen LogP contribution in [0.1, 0.15) is 100 Å². The predicted molar refractivity (Wildman–Crippen MR) is 199 cm³/mol. The summed E-state index contributed by atoms with van der Waals surface area (Å²) in [6, 6.07) is 14.8. The summed E-state index contributed by atoms with van der Waals surface area (Å²) in [5, 5.41) is 9.53. The quantitative estimate of drug-likeness (QED) is 0.253. The minimum absolute atomic E-state index is 0.238. The minimum atomic E-state index is -0.544.